The number of carboxylic acid groups (broad SMARTS) is 2. The van der Waals surface area contributed by atoms with Gasteiger partial charge in [0.1, 0.15) is 6.04 Å². The van der Waals surface area contributed by atoms with E-state index in [2.05, 4.69) is 0 Å². The molecule has 1 aromatic carbocycles. The van der Waals surface area contributed by atoms with E-state index in [1.54, 1.807) is 0 Å². The average molecular weight is 280 g/mol. The summed E-state index contributed by atoms with van der Waals surface area (Å²) in [5.41, 5.74) is 11.2. The van der Waals surface area contributed by atoms with Crippen molar-refractivity contribution in [3.8, 4) is 0 Å². The van der Waals surface area contributed by atoms with Crippen LogP contribution in [0.1, 0.15) is 33.6 Å². The van der Waals surface area contributed by atoms with Crippen LogP contribution in [0.5, 0.6) is 0 Å². The molecule has 0 bridgehead atoms. The lowest BCUT2D eigenvalue weighted by Gasteiger charge is -2.12. The third kappa shape index (κ3) is 4.15. The molecule has 0 aliphatic heterocycles. The van der Waals surface area contributed by atoms with Gasteiger partial charge >= 0.3 is 11.9 Å². The van der Waals surface area contributed by atoms with E-state index in [-0.39, 0.29) is 24.0 Å². The largest absolute Gasteiger partial charge is 0.480 e. The van der Waals surface area contributed by atoms with Crippen LogP contribution < -0.4 is 11.5 Å². The Balaban J connectivity index is 2.72. The summed E-state index contributed by atoms with van der Waals surface area (Å²) in [5, 5.41) is 17.5. The van der Waals surface area contributed by atoms with Gasteiger partial charge in [-0.2, -0.15) is 0 Å². The number of carbonyl (C=O) groups excluding carboxylic acids is 1. The number of hydrogen-bond donors (Lipinski definition) is 4. The first kappa shape index (κ1) is 15.8. The van der Waals surface area contributed by atoms with E-state index in [1.165, 1.54) is 24.3 Å². The van der Waals surface area contributed by atoms with Crippen molar-refractivity contribution in [1.82, 2.24) is 0 Å². The van der Waals surface area contributed by atoms with Crippen LogP contribution in [0.4, 0.5) is 0 Å². The summed E-state index contributed by atoms with van der Waals surface area (Å²) in [5.74, 6) is -2.73. The van der Waals surface area contributed by atoms with Gasteiger partial charge in [0.05, 0.1) is 11.6 Å². The Morgan fingerprint density at radius 3 is 2.10 bits per heavy atom. The summed E-state index contributed by atoms with van der Waals surface area (Å²) in [6, 6.07) is 3.54. The smallest absolute Gasteiger partial charge is 0.335 e. The summed E-state index contributed by atoms with van der Waals surface area (Å²) >= 11 is 0. The zero-order valence-corrected chi connectivity index (χ0v) is 10.7. The van der Waals surface area contributed by atoms with Crippen LogP contribution in [-0.2, 0) is 4.79 Å². The summed E-state index contributed by atoms with van der Waals surface area (Å²) in [6.45, 7) is 0. The van der Waals surface area contributed by atoms with E-state index < -0.39 is 29.8 Å². The molecule has 0 aliphatic rings. The fourth-order valence-corrected chi connectivity index (χ4v) is 1.63. The molecule has 0 fully saturated rings. The van der Waals surface area contributed by atoms with Crippen molar-refractivity contribution in [3.05, 3.63) is 35.4 Å². The van der Waals surface area contributed by atoms with Crippen molar-refractivity contribution < 1.29 is 24.6 Å². The minimum Gasteiger partial charge on any atom is -0.480 e. The second kappa shape index (κ2) is 6.78. The van der Waals surface area contributed by atoms with Crippen LogP contribution in [-0.4, -0.2) is 40.0 Å². The predicted octanol–water partition coefficient (Wildman–Crippen LogP) is 0.0869. The number of benzene rings is 1. The molecule has 0 heterocycles. The van der Waals surface area contributed by atoms with Gasteiger partial charge in [0.25, 0.3) is 0 Å². The molecule has 0 saturated heterocycles. The highest BCUT2D eigenvalue weighted by Gasteiger charge is 2.20. The summed E-state index contributed by atoms with van der Waals surface area (Å²) in [4.78, 5) is 33.4. The van der Waals surface area contributed by atoms with Crippen molar-refractivity contribution >= 4 is 17.7 Å². The predicted molar refractivity (Wildman–Crippen MR) is 70.6 cm³/mol. The van der Waals surface area contributed by atoms with Crippen LogP contribution in [0.2, 0.25) is 0 Å². The van der Waals surface area contributed by atoms with Gasteiger partial charge in [-0.3, -0.25) is 9.59 Å². The van der Waals surface area contributed by atoms with Crippen molar-refractivity contribution in [2.24, 2.45) is 11.5 Å². The lowest BCUT2D eigenvalue weighted by atomic mass is 9.98. The molecular weight excluding hydrogens is 264 g/mol. The number of carbonyl (C=O) groups is 3. The van der Waals surface area contributed by atoms with Gasteiger partial charge in [-0.25, -0.2) is 4.79 Å². The zero-order chi connectivity index (χ0) is 15.3. The van der Waals surface area contributed by atoms with E-state index in [0.29, 0.717) is 0 Å². The summed E-state index contributed by atoms with van der Waals surface area (Å²) in [6.07, 6.45) is 0.185. The maximum absolute atomic E-state index is 12.0. The molecule has 0 saturated carbocycles. The Labute approximate surface area is 115 Å². The van der Waals surface area contributed by atoms with Gasteiger partial charge in [0, 0.05) is 5.56 Å². The van der Waals surface area contributed by atoms with Gasteiger partial charge in [0.15, 0.2) is 5.78 Å². The van der Waals surface area contributed by atoms with Gasteiger partial charge in [-0.15, -0.1) is 0 Å². The summed E-state index contributed by atoms with van der Waals surface area (Å²) in [7, 11) is 0. The number of aliphatic carboxylic acids is 1. The minimum absolute atomic E-state index is 0.00899. The first-order valence-corrected chi connectivity index (χ1v) is 5.94. The van der Waals surface area contributed by atoms with Gasteiger partial charge < -0.3 is 21.7 Å². The van der Waals surface area contributed by atoms with E-state index in [9.17, 15) is 14.4 Å². The molecule has 0 amide bonds. The second-order valence-corrected chi connectivity index (χ2v) is 4.38. The molecule has 2 atom stereocenters. The van der Waals surface area contributed by atoms with Crippen molar-refractivity contribution in [2.75, 3.05) is 0 Å². The lowest BCUT2D eigenvalue weighted by Crippen LogP contribution is -2.36. The number of nitrogens with two attached hydrogens (primary N) is 2. The van der Waals surface area contributed by atoms with Crippen LogP contribution in [0.15, 0.2) is 24.3 Å². The first-order valence-electron chi connectivity index (χ1n) is 5.94. The molecule has 0 spiro atoms. The van der Waals surface area contributed by atoms with Gasteiger partial charge in [-0.1, -0.05) is 12.1 Å². The van der Waals surface area contributed by atoms with Gasteiger partial charge in [0.2, 0.25) is 0 Å². The Morgan fingerprint density at radius 1 is 1.00 bits per heavy atom. The molecule has 1 unspecified atom stereocenters. The van der Waals surface area contributed by atoms with Crippen LogP contribution in [0.25, 0.3) is 0 Å². The number of rotatable bonds is 7. The van der Waals surface area contributed by atoms with E-state index in [4.69, 9.17) is 21.7 Å². The van der Waals surface area contributed by atoms with Crippen molar-refractivity contribution in [1.29, 1.82) is 0 Å². The topological polar surface area (TPSA) is 144 Å². The number of ketones is 1. The SMILES string of the molecule is NC(CC[C@H](N)C(=O)O)C(=O)c1cccc(C(=O)O)c1. The third-order valence-electron chi connectivity index (χ3n) is 2.84. The molecular formula is C13H16N2O5. The average Bonchev–Trinajstić information content (AvgIpc) is 2.43. The molecule has 6 N–H and O–H groups in total. The van der Waals surface area contributed by atoms with E-state index >= 15 is 0 Å². The number of Topliss-reactive ketones (excluding diaryl/α,β-unsaturated/α-hetero) is 1. The second-order valence-electron chi connectivity index (χ2n) is 4.38. The minimum atomic E-state index is -1.16. The standard InChI is InChI=1S/C13H16N2O5/c14-9(4-5-10(15)13(19)20)11(16)7-2-1-3-8(6-7)12(17)18/h1-3,6,9-10H,4-5,14-15H2,(H,17,18)(H,19,20)/t9?,10-/m0/s1. The highest BCUT2D eigenvalue weighted by atomic mass is 16.4. The van der Waals surface area contributed by atoms with Crippen LogP contribution in [0, 0.1) is 0 Å². The maximum atomic E-state index is 12.0. The van der Waals surface area contributed by atoms with Crippen LogP contribution in [0.3, 0.4) is 0 Å². The molecule has 0 radical (unpaired) electrons. The fourth-order valence-electron chi connectivity index (χ4n) is 1.63. The first-order chi connectivity index (χ1) is 9.32. The maximum Gasteiger partial charge on any atom is 0.335 e. The van der Waals surface area contributed by atoms with Crippen molar-refractivity contribution in [2.45, 2.75) is 24.9 Å². The Bertz CT molecular complexity index is 529. The third-order valence-corrected chi connectivity index (χ3v) is 2.84. The quantitative estimate of drug-likeness (QED) is 0.518. The number of hydrogen-bond acceptors (Lipinski definition) is 5. The molecule has 7 nitrogen and oxygen atoms in total. The monoisotopic (exact) mass is 280 g/mol. The molecule has 108 valence electrons. The molecule has 1 rings (SSSR count). The lowest BCUT2D eigenvalue weighted by molar-refractivity contribution is -0.138. The molecule has 0 aliphatic carbocycles. The Kier molecular flexibility index (Phi) is 5.36. The molecule has 1 aromatic rings. The normalized spacial score (nSPS) is 13.5. The van der Waals surface area contributed by atoms with Gasteiger partial charge in [-0.05, 0) is 25.0 Å². The molecule has 20 heavy (non-hydrogen) atoms. The Morgan fingerprint density at radius 2 is 1.55 bits per heavy atom. The Hall–Kier alpha value is -2.25. The van der Waals surface area contributed by atoms with Crippen molar-refractivity contribution in [3.63, 3.8) is 0 Å². The summed E-state index contributed by atoms with van der Waals surface area (Å²) < 4.78 is 0. The number of carboxylic acids is 2. The van der Waals surface area contributed by atoms with E-state index in [1.807, 2.05) is 0 Å². The van der Waals surface area contributed by atoms with Crippen LogP contribution >= 0.6 is 0 Å². The highest BCUT2D eigenvalue weighted by molar-refractivity contribution is 6.01. The molecule has 0 aromatic heterocycles. The zero-order valence-electron chi connectivity index (χ0n) is 10.7. The molecule has 7 heteroatoms. The number of aromatic carboxylic acids is 1. The highest BCUT2D eigenvalue weighted by Crippen LogP contribution is 2.10. The van der Waals surface area contributed by atoms with E-state index in [0.717, 1.165) is 0 Å². The fraction of sp³-hybridized carbons (Fsp3) is 0.308.